The molecule has 0 aromatic heterocycles. The molecule has 1 atom stereocenters. The van der Waals surface area contributed by atoms with Crippen LogP contribution in [0.5, 0.6) is 0 Å². The Morgan fingerprint density at radius 1 is 1.19 bits per heavy atom. The number of amides is 3. The summed E-state index contributed by atoms with van der Waals surface area (Å²) >= 11 is 0. The lowest BCUT2D eigenvalue weighted by atomic mass is 10.1. The van der Waals surface area contributed by atoms with Crippen molar-refractivity contribution in [1.29, 1.82) is 0 Å². The predicted octanol–water partition coefficient (Wildman–Crippen LogP) is 1.71. The van der Waals surface area contributed by atoms with E-state index in [0.717, 1.165) is 11.3 Å². The first-order chi connectivity index (χ1) is 12.5. The van der Waals surface area contributed by atoms with Crippen LogP contribution < -0.4 is 10.2 Å². The summed E-state index contributed by atoms with van der Waals surface area (Å²) in [6.45, 7) is 6.42. The molecule has 0 aliphatic carbocycles. The summed E-state index contributed by atoms with van der Waals surface area (Å²) in [6, 6.07) is 5.58. The van der Waals surface area contributed by atoms with Crippen molar-refractivity contribution >= 4 is 17.6 Å². The van der Waals surface area contributed by atoms with E-state index in [1.165, 1.54) is 5.56 Å². The summed E-state index contributed by atoms with van der Waals surface area (Å²) in [5.74, 6) is 0.0267. The topological polar surface area (TPSA) is 71.1 Å². The number of nitrogens with zero attached hydrogens (tertiary/aromatic N) is 2. The van der Waals surface area contributed by atoms with Crippen molar-refractivity contribution in [3.8, 4) is 0 Å². The molecule has 7 heteroatoms. The molecule has 1 saturated heterocycles. The average Bonchev–Trinajstić information content (AvgIpc) is 2.97. The van der Waals surface area contributed by atoms with Crippen LogP contribution in [0.1, 0.15) is 17.5 Å². The van der Waals surface area contributed by atoms with Crippen molar-refractivity contribution in [3.05, 3.63) is 29.3 Å². The number of benzene rings is 1. The molecule has 1 fully saturated rings. The largest absolute Gasteiger partial charge is 0.383 e. The molecule has 0 spiro atoms. The van der Waals surface area contributed by atoms with Gasteiger partial charge in [0.15, 0.2) is 0 Å². The summed E-state index contributed by atoms with van der Waals surface area (Å²) in [6.07, 6.45) is 0.307. The zero-order valence-electron chi connectivity index (χ0n) is 16.1. The van der Waals surface area contributed by atoms with Crippen LogP contribution in [0.15, 0.2) is 18.2 Å². The molecule has 144 valence electrons. The number of anilines is 1. The van der Waals surface area contributed by atoms with Gasteiger partial charge >= 0.3 is 6.03 Å². The number of carbonyl (C=O) groups is 2. The van der Waals surface area contributed by atoms with Gasteiger partial charge in [0.2, 0.25) is 5.91 Å². The molecule has 0 bridgehead atoms. The van der Waals surface area contributed by atoms with E-state index in [9.17, 15) is 9.59 Å². The van der Waals surface area contributed by atoms with Gasteiger partial charge in [-0.05, 0) is 37.1 Å². The van der Waals surface area contributed by atoms with E-state index in [4.69, 9.17) is 9.47 Å². The highest BCUT2D eigenvalue weighted by atomic mass is 16.5. The second-order valence-electron chi connectivity index (χ2n) is 6.60. The zero-order chi connectivity index (χ0) is 19.1. The van der Waals surface area contributed by atoms with Crippen LogP contribution in [-0.2, 0) is 14.3 Å². The minimum Gasteiger partial charge on any atom is -0.383 e. The van der Waals surface area contributed by atoms with Gasteiger partial charge in [0, 0.05) is 46.0 Å². The number of urea groups is 1. The van der Waals surface area contributed by atoms with Crippen LogP contribution in [0.3, 0.4) is 0 Å². The van der Waals surface area contributed by atoms with Gasteiger partial charge in [0.25, 0.3) is 0 Å². The Morgan fingerprint density at radius 3 is 2.42 bits per heavy atom. The molecular formula is C19H29N3O4. The van der Waals surface area contributed by atoms with Crippen molar-refractivity contribution in [3.63, 3.8) is 0 Å². The number of rotatable bonds is 8. The fourth-order valence-electron chi connectivity index (χ4n) is 2.93. The van der Waals surface area contributed by atoms with Crippen molar-refractivity contribution in [2.75, 3.05) is 52.0 Å². The normalized spacial score (nSPS) is 16.8. The van der Waals surface area contributed by atoms with Crippen LogP contribution in [0.25, 0.3) is 0 Å². The molecule has 1 aliphatic heterocycles. The van der Waals surface area contributed by atoms with Gasteiger partial charge in [0.1, 0.15) is 0 Å². The Labute approximate surface area is 155 Å². The van der Waals surface area contributed by atoms with E-state index in [1.807, 2.05) is 32.0 Å². The Bertz CT molecular complexity index is 627. The summed E-state index contributed by atoms with van der Waals surface area (Å²) in [7, 11) is 3.20. The Balaban J connectivity index is 1.98. The first-order valence-electron chi connectivity index (χ1n) is 8.87. The lowest BCUT2D eigenvalue weighted by Crippen LogP contribution is -2.47. The van der Waals surface area contributed by atoms with Gasteiger partial charge in [-0.25, -0.2) is 4.79 Å². The Hall–Kier alpha value is -2.12. The van der Waals surface area contributed by atoms with Crippen molar-refractivity contribution < 1.29 is 19.1 Å². The number of methoxy groups -OCH3 is 2. The maximum absolute atomic E-state index is 12.5. The van der Waals surface area contributed by atoms with Gasteiger partial charge < -0.3 is 24.6 Å². The van der Waals surface area contributed by atoms with Crippen LogP contribution in [-0.4, -0.2) is 69.9 Å². The molecule has 2 rings (SSSR count). The van der Waals surface area contributed by atoms with E-state index < -0.39 is 0 Å². The standard InChI is InChI=1S/C19H29N3O4/c1-14-5-6-17(11-15(14)2)22-13-16(12-18(22)23)20-19(24)21(7-9-25-3)8-10-26-4/h5-6,11,16H,7-10,12-13H2,1-4H3,(H,20,24). The maximum Gasteiger partial charge on any atom is 0.317 e. The number of aryl methyl sites for hydroxylation is 2. The molecule has 26 heavy (non-hydrogen) atoms. The third kappa shape index (κ3) is 5.19. The summed E-state index contributed by atoms with van der Waals surface area (Å²) < 4.78 is 10.1. The first kappa shape index (κ1) is 20.2. The highest BCUT2D eigenvalue weighted by Crippen LogP contribution is 2.24. The maximum atomic E-state index is 12.5. The van der Waals surface area contributed by atoms with E-state index in [0.29, 0.717) is 39.3 Å². The third-order valence-electron chi connectivity index (χ3n) is 4.67. The van der Waals surface area contributed by atoms with E-state index >= 15 is 0 Å². The number of ether oxygens (including phenoxy) is 2. The van der Waals surface area contributed by atoms with Crippen LogP contribution in [0.4, 0.5) is 10.5 Å². The van der Waals surface area contributed by atoms with Crippen LogP contribution >= 0.6 is 0 Å². The second kappa shape index (κ2) is 9.54. The van der Waals surface area contributed by atoms with Crippen molar-refractivity contribution in [2.24, 2.45) is 0 Å². The molecule has 1 N–H and O–H groups in total. The quantitative estimate of drug-likeness (QED) is 0.763. The minimum absolute atomic E-state index is 0.0267. The molecule has 1 unspecified atom stereocenters. The summed E-state index contributed by atoms with van der Waals surface area (Å²) in [5, 5.41) is 2.97. The lowest BCUT2D eigenvalue weighted by molar-refractivity contribution is -0.117. The van der Waals surface area contributed by atoms with Crippen molar-refractivity contribution in [2.45, 2.75) is 26.3 Å². The van der Waals surface area contributed by atoms with Gasteiger partial charge in [-0.15, -0.1) is 0 Å². The summed E-state index contributed by atoms with van der Waals surface area (Å²) in [4.78, 5) is 28.3. The van der Waals surface area contributed by atoms with Crippen molar-refractivity contribution in [1.82, 2.24) is 10.2 Å². The van der Waals surface area contributed by atoms with Gasteiger partial charge in [0.05, 0.1) is 19.3 Å². The second-order valence-corrected chi connectivity index (χ2v) is 6.60. The monoisotopic (exact) mass is 363 g/mol. The molecule has 3 amide bonds. The lowest BCUT2D eigenvalue weighted by Gasteiger charge is -2.24. The number of hydrogen-bond donors (Lipinski definition) is 1. The fourth-order valence-corrected chi connectivity index (χ4v) is 2.93. The average molecular weight is 363 g/mol. The van der Waals surface area contributed by atoms with E-state index in [-0.39, 0.29) is 18.0 Å². The molecular weight excluding hydrogens is 334 g/mol. The highest BCUT2D eigenvalue weighted by molar-refractivity contribution is 5.96. The van der Waals surface area contributed by atoms with Gasteiger partial charge in [-0.3, -0.25) is 4.79 Å². The number of carbonyl (C=O) groups excluding carboxylic acids is 2. The van der Waals surface area contributed by atoms with E-state index in [2.05, 4.69) is 5.32 Å². The molecule has 0 radical (unpaired) electrons. The zero-order valence-corrected chi connectivity index (χ0v) is 16.1. The number of nitrogens with one attached hydrogen (secondary N) is 1. The molecule has 1 aliphatic rings. The Morgan fingerprint density at radius 2 is 1.85 bits per heavy atom. The van der Waals surface area contributed by atoms with Gasteiger partial charge in [-0.1, -0.05) is 6.07 Å². The van der Waals surface area contributed by atoms with Crippen LogP contribution in [0.2, 0.25) is 0 Å². The van der Waals surface area contributed by atoms with Gasteiger partial charge in [-0.2, -0.15) is 0 Å². The summed E-state index contributed by atoms with van der Waals surface area (Å²) in [5.41, 5.74) is 3.22. The molecule has 1 aromatic rings. The number of hydrogen-bond acceptors (Lipinski definition) is 4. The molecule has 0 saturated carbocycles. The predicted molar refractivity (Wildman–Crippen MR) is 101 cm³/mol. The SMILES string of the molecule is COCCN(CCOC)C(=O)NC1CC(=O)N(c2ccc(C)c(C)c2)C1. The fraction of sp³-hybridized carbons (Fsp3) is 0.579. The third-order valence-corrected chi connectivity index (χ3v) is 4.67. The molecule has 1 heterocycles. The van der Waals surface area contributed by atoms with Crippen LogP contribution in [0, 0.1) is 13.8 Å². The molecule has 7 nitrogen and oxygen atoms in total. The highest BCUT2D eigenvalue weighted by Gasteiger charge is 2.32. The minimum atomic E-state index is -0.204. The first-order valence-corrected chi connectivity index (χ1v) is 8.87. The smallest absolute Gasteiger partial charge is 0.317 e. The molecule has 1 aromatic carbocycles. The Kier molecular flexibility index (Phi) is 7.41. The van der Waals surface area contributed by atoms with E-state index in [1.54, 1.807) is 24.0 Å².